The van der Waals surface area contributed by atoms with Crippen LogP contribution >= 0.6 is 0 Å². The second kappa shape index (κ2) is 6.14. The van der Waals surface area contributed by atoms with Crippen molar-refractivity contribution in [3.05, 3.63) is 54.0 Å². The first-order chi connectivity index (χ1) is 10.3. The maximum Gasteiger partial charge on any atom is 0.0821 e. The Balaban J connectivity index is 1.90. The van der Waals surface area contributed by atoms with Gasteiger partial charge in [0.15, 0.2) is 0 Å². The van der Waals surface area contributed by atoms with Gasteiger partial charge in [0.25, 0.3) is 0 Å². The third-order valence-corrected chi connectivity index (χ3v) is 3.85. The monoisotopic (exact) mass is 282 g/mol. The third kappa shape index (κ3) is 3.00. The van der Waals surface area contributed by atoms with Crippen LogP contribution in [-0.4, -0.2) is 27.9 Å². The number of benzene rings is 1. The van der Waals surface area contributed by atoms with Gasteiger partial charge in [-0.3, -0.25) is 4.68 Å². The standard InChI is InChI=1S/C17H22N4/c1-18-10-5-6-14-12-21(13-15-9-11-20(2)19-15)17-8-4-3-7-16(14)17/h3-4,7-9,11-12,18H,5-6,10,13H2,1-2H3. The van der Waals surface area contributed by atoms with E-state index >= 15 is 0 Å². The van der Waals surface area contributed by atoms with Gasteiger partial charge >= 0.3 is 0 Å². The highest BCUT2D eigenvalue weighted by molar-refractivity contribution is 5.84. The van der Waals surface area contributed by atoms with Gasteiger partial charge < -0.3 is 9.88 Å². The van der Waals surface area contributed by atoms with Gasteiger partial charge in [0, 0.05) is 30.3 Å². The molecule has 2 aromatic heterocycles. The predicted molar refractivity (Wildman–Crippen MR) is 86.5 cm³/mol. The molecule has 1 aromatic carbocycles. The van der Waals surface area contributed by atoms with E-state index in [0.29, 0.717) is 0 Å². The van der Waals surface area contributed by atoms with Crippen LogP contribution in [0.2, 0.25) is 0 Å². The summed E-state index contributed by atoms with van der Waals surface area (Å²) >= 11 is 0. The third-order valence-electron chi connectivity index (χ3n) is 3.85. The topological polar surface area (TPSA) is 34.8 Å². The maximum atomic E-state index is 4.48. The van der Waals surface area contributed by atoms with Crippen molar-refractivity contribution in [1.82, 2.24) is 19.7 Å². The number of fused-ring (bicyclic) bond motifs is 1. The zero-order chi connectivity index (χ0) is 14.7. The Morgan fingerprint density at radius 2 is 2.05 bits per heavy atom. The number of hydrogen-bond acceptors (Lipinski definition) is 2. The highest BCUT2D eigenvalue weighted by Crippen LogP contribution is 2.23. The van der Waals surface area contributed by atoms with Crippen molar-refractivity contribution in [1.29, 1.82) is 0 Å². The van der Waals surface area contributed by atoms with Crippen LogP contribution in [0.1, 0.15) is 17.7 Å². The molecule has 0 atom stereocenters. The van der Waals surface area contributed by atoms with Crippen molar-refractivity contribution in [2.75, 3.05) is 13.6 Å². The van der Waals surface area contributed by atoms with E-state index in [4.69, 9.17) is 0 Å². The van der Waals surface area contributed by atoms with Gasteiger partial charge in [-0.2, -0.15) is 5.10 Å². The average Bonchev–Trinajstić information content (AvgIpc) is 3.05. The molecule has 0 fully saturated rings. The summed E-state index contributed by atoms with van der Waals surface area (Å²) in [5.41, 5.74) is 3.82. The van der Waals surface area contributed by atoms with Gasteiger partial charge in [-0.25, -0.2) is 0 Å². The smallest absolute Gasteiger partial charge is 0.0821 e. The number of rotatable bonds is 6. The molecule has 0 saturated heterocycles. The van der Waals surface area contributed by atoms with Gasteiger partial charge in [-0.05, 0) is 44.1 Å². The summed E-state index contributed by atoms with van der Waals surface area (Å²) in [5.74, 6) is 0. The normalized spacial score (nSPS) is 11.3. The van der Waals surface area contributed by atoms with E-state index in [1.165, 1.54) is 16.5 Å². The highest BCUT2D eigenvalue weighted by Gasteiger charge is 2.09. The molecule has 4 heteroatoms. The molecule has 0 aliphatic carbocycles. The van der Waals surface area contributed by atoms with Crippen LogP contribution in [0, 0.1) is 0 Å². The van der Waals surface area contributed by atoms with Gasteiger partial charge in [0.2, 0.25) is 0 Å². The van der Waals surface area contributed by atoms with Crippen molar-refractivity contribution in [3.8, 4) is 0 Å². The Morgan fingerprint density at radius 1 is 1.19 bits per heavy atom. The van der Waals surface area contributed by atoms with Crippen molar-refractivity contribution in [3.63, 3.8) is 0 Å². The lowest BCUT2D eigenvalue weighted by Crippen LogP contribution is -2.08. The largest absolute Gasteiger partial charge is 0.341 e. The Hall–Kier alpha value is -2.07. The van der Waals surface area contributed by atoms with Crippen LogP contribution in [0.5, 0.6) is 0 Å². The molecular formula is C17H22N4. The number of nitrogens with one attached hydrogen (secondary N) is 1. The molecule has 0 aliphatic rings. The van der Waals surface area contributed by atoms with Crippen LogP contribution in [0.4, 0.5) is 0 Å². The van der Waals surface area contributed by atoms with Crippen LogP contribution in [0.3, 0.4) is 0 Å². The zero-order valence-corrected chi connectivity index (χ0v) is 12.7. The Kier molecular flexibility index (Phi) is 4.06. The quantitative estimate of drug-likeness (QED) is 0.705. The molecule has 0 aliphatic heterocycles. The van der Waals surface area contributed by atoms with Crippen molar-refractivity contribution in [2.45, 2.75) is 19.4 Å². The highest BCUT2D eigenvalue weighted by atomic mass is 15.3. The molecule has 0 amide bonds. The molecule has 0 spiro atoms. The van der Waals surface area contributed by atoms with E-state index < -0.39 is 0 Å². The van der Waals surface area contributed by atoms with E-state index in [2.05, 4.69) is 51.5 Å². The maximum absolute atomic E-state index is 4.48. The fraction of sp³-hybridized carbons (Fsp3) is 0.353. The molecule has 0 radical (unpaired) electrons. The van der Waals surface area contributed by atoms with E-state index in [1.54, 1.807) is 0 Å². The SMILES string of the molecule is CNCCCc1cn(Cc2ccn(C)n2)c2ccccc12. The van der Waals surface area contributed by atoms with Gasteiger partial charge in [0.05, 0.1) is 12.2 Å². The second-order valence-electron chi connectivity index (χ2n) is 5.49. The van der Waals surface area contributed by atoms with Crippen molar-refractivity contribution in [2.24, 2.45) is 7.05 Å². The first-order valence-electron chi connectivity index (χ1n) is 7.48. The summed E-state index contributed by atoms with van der Waals surface area (Å²) in [6.45, 7) is 1.88. The number of nitrogens with zero attached hydrogens (tertiary/aromatic N) is 3. The first-order valence-corrected chi connectivity index (χ1v) is 7.48. The number of para-hydroxylation sites is 1. The fourth-order valence-corrected chi connectivity index (χ4v) is 2.83. The second-order valence-corrected chi connectivity index (χ2v) is 5.49. The van der Waals surface area contributed by atoms with E-state index in [1.807, 2.05) is 25.0 Å². The van der Waals surface area contributed by atoms with Crippen molar-refractivity contribution >= 4 is 10.9 Å². The summed E-state index contributed by atoms with van der Waals surface area (Å²) in [4.78, 5) is 0. The van der Waals surface area contributed by atoms with Crippen LogP contribution in [-0.2, 0) is 20.0 Å². The molecular weight excluding hydrogens is 260 g/mol. The molecule has 1 N–H and O–H groups in total. The first kappa shape index (κ1) is 13.9. The summed E-state index contributed by atoms with van der Waals surface area (Å²) in [6.07, 6.45) is 6.55. The minimum absolute atomic E-state index is 0.827. The average molecular weight is 282 g/mol. The van der Waals surface area contributed by atoms with E-state index in [0.717, 1.165) is 31.6 Å². The summed E-state index contributed by atoms with van der Waals surface area (Å²) in [5, 5.41) is 9.06. The summed E-state index contributed by atoms with van der Waals surface area (Å²) < 4.78 is 4.17. The molecule has 21 heavy (non-hydrogen) atoms. The lowest BCUT2D eigenvalue weighted by molar-refractivity contribution is 0.709. The Morgan fingerprint density at radius 3 is 2.81 bits per heavy atom. The molecule has 0 bridgehead atoms. The number of aromatic nitrogens is 3. The minimum Gasteiger partial charge on any atom is -0.341 e. The Bertz CT molecular complexity index is 723. The minimum atomic E-state index is 0.827. The van der Waals surface area contributed by atoms with Gasteiger partial charge in [-0.1, -0.05) is 18.2 Å². The van der Waals surface area contributed by atoms with Crippen molar-refractivity contribution < 1.29 is 0 Å². The predicted octanol–water partition coefficient (Wildman–Crippen LogP) is 2.58. The summed E-state index contributed by atoms with van der Waals surface area (Å²) in [6, 6.07) is 10.7. The zero-order valence-electron chi connectivity index (χ0n) is 12.7. The van der Waals surface area contributed by atoms with E-state index in [9.17, 15) is 0 Å². The molecule has 0 unspecified atom stereocenters. The lowest BCUT2D eigenvalue weighted by atomic mass is 10.1. The van der Waals surface area contributed by atoms with Crippen LogP contribution < -0.4 is 5.32 Å². The van der Waals surface area contributed by atoms with Gasteiger partial charge in [-0.15, -0.1) is 0 Å². The van der Waals surface area contributed by atoms with Crippen LogP contribution in [0.25, 0.3) is 10.9 Å². The molecule has 2 heterocycles. The number of hydrogen-bond donors (Lipinski definition) is 1. The van der Waals surface area contributed by atoms with Gasteiger partial charge in [0.1, 0.15) is 0 Å². The molecule has 3 rings (SSSR count). The molecule has 4 nitrogen and oxygen atoms in total. The molecule has 110 valence electrons. The fourth-order valence-electron chi connectivity index (χ4n) is 2.83. The van der Waals surface area contributed by atoms with E-state index in [-0.39, 0.29) is 0 Å². The Labute approximate surface area is 125 Å². The summed E-state index contributed by atoms with van der Waals surface area (Å²) in [7, 11) is 3.96. The van der Waals surface area contributed by atoms with Crippen LogP contribution in [0.15, 0.2) is 42.7 Å². The lowest BCUT2D eigenvalue weighted by Gasteiger charge is -2.02. The molecule has 3 aromatic rings. The number of aryl methyl sites for hydroxylation is 2. The molecule has 0 saturated carbocycles.